The molecule has 1 atom stereocenters. The summed E-state index contributed by atoms with van der Waals surface area (Å²) in [5.41, 5.74) is 5.54. The monoisotopic (exact) mass is 224 g/mol. The van der Waals surface area contributed by atoms with Crippen molar-refractivity contribution >= 4 is 5.91 Å². The van der Waals surface area contributed by atoms with E-state index in [0.717, 1.165) is 25.7 Å². The quantitative estimate of drug-likeness (QED) is 0.462. The van der Waals surface area contributed by atoms with Gasteiger partial charge in [0, 0.05) is 19.4 Å². The molecular formula is C13H24N2O. The molecule has 3 N–H and O–H groups in total. The van der Waals surface area contributed by atoms with Gasteiger partial charge in [0.15, 0.2) is 0 Å². The Morgan fingerprint density at radius 2 is 2.19 bits per heavy atom. The molecule has 0 aliphatic rings. The van der Waals surface area contributed by atoms with E-state index in [9.17, 15) is 4.79 Å². The van der Waals surface area contributed by atoms with E-state index in [1.165, 1.54) is 0 Å². The topological polar surface area (TPSA) is 55.1 Å². The average molecular weight is 224 g/mol. The highest BCUT2D eigenvalue weighted by Gasteiger charge is 2.09. The summed E-state index contributed by atoms with van der Waals surface area (Å²) in [6, 6.07) is 0. The first-order chi connectivity index (χ1) is 7.74. The molecule has 1 amide bonds. The van der Waals surface area contributed by atoms with Gasteiger partial charge in [0.1, 0.15) is 0 Å². The summed E-state index contributed by atoms with van der Waals surface area (Å²) in [5.74, 6) is 3.19. The summed E-state index contributed by atoms with van der Waals surface area (Å²) in [6.07, 6.45) is 10.6. The Balaban J connectivity index is 3.65. The van der Waals surface area contributed by atoms with E-state index in [1.807, 2.05) is 0 Å². The van der Waals surface area contributed by atoms with Crippen molar-refractivity contribution in [2.24, 2.45) is 11.7 Å². The number of amides is 1. The number of hydrogen-bond donors (Lipinski definition) is 2. The lowest BCUT2D eigenvalue weighted by Crippen LogP contribution is -2.24. The maximum atomic E-state index is 11.4. The van der Waals surface area contributed by atoms with Crippen LogP contribution in [-0.2, 0) is 4.79 Å². The van der Waals surface area contributed by atoms with E-state index in [0.29, 0.717) is 31.8 Å². The molecule has 0 radical (unpaired) electrons. The van der Waals surface area contributed by atoms with E-state index in [2.05, 4.69) is 18.2 Å². The number of rotatable bonds is 9. The highest BCUT2D eigenvalue weighted by atomic mass is 16.1. The standard InChI is InChI=1S/C13H24N2O/c1-3-5-11-15-13(16)8-7-12(6-4-2)9-10-14/h1,12H,4-11,14H2,2H3,(H,15,16). The van der Waals surface area contributed by atoms with Crippen molar-refractivity contribution in [2.45, 2.75) is 45.4 Å². The fraction of sp³-hybridized carbons (Fsp3) is 0.769. The molecule has 0 bridgehead atoms. The molecule has 0 rings (SSSR count). The maximum Gasteiger partial charge on any atom is 0.220 e. The molecule has 0 aliphatic heterocycles. The van der Waals surface area contributed by atoms with Gasteiger partial charge in [-0.3, -0.25) is 4.79 Å². The minimum absolute atomic E-state index is 0.105. The molecule has 0 aromatic carbocycles. The summed E-state index contributed by atoms with van der Waals surface area (Å²) in [7, 11) is 0. The molecule has 0 aliphatic carbocycles. The Hall–Kier alpha value is -1.01. The van der Waals surface area contributed by atoms with Crippen LogP contribution in [0.5, 0.6) is 0 Å². The number of nitrogens with one attached hydrogen (secondary N) is 1. The lowest BCUT2D eigenvalue weighted by molar-refractivity contribution is -0.121. The number of terminal acetylenes is 1. The van der Waals surface area contributed by atoms with Crippen molar-refractivity contribution in [3.05, 3.63) is 0 Å². The largest absolute Gasteiger partial charge is 0.355 e. The van der Waals surface area contributed by atoms with Crippen LogP contribution in [0.4, 0.5) is 0 Å². The van der Waals surface area contributed by atoms with E-state index in [1.54, 1.807) is 0 Å². The maximum absolute atomic E-state index is 11.4. The summed E-state index contributed by atoms with van der Waals surface area (Å²) >= 11 is 0. The molecule has 0 aromatic rings. The third-order valence-electron chi connectivity index (χ3n) is 2.64. The Labute approximate surface area is 99.2 Å². The molecule has 3 heteroatoms. The Bertz CT molecular complexity index is 214. The van der Waals surface area contributed by atoms with Crippen molar-refractivity contribution in [3.63, 3.8) is 0 Å². The Morgan fingerprint density at radius 3 is 2.75 bits per heavy atom. The average Bonchev–Trinajstić information content (AvgIpc) is 2.27. The fourth-order valence-electron chi connectivity index (χ4n) is 1.77. The zero-order valence-electron chi connectivity index (χ0n) is 10.3. The first kappa shape index (κ1) is 15.0. The first-order valence-electron chi connectivity index (χ1n) is 6.14. The van der Waals surface area contributed by atoms with Crippen LogP contribution in [0.15, 0.2) is 0 Å². The van der Waals surface area contributed by atoms with E-state index in [4.69, 9.17) is 12.2 Å². The van der Waals surface area contributed by atoms with Gasteiger partial charge in [-0.05, 0) is 25.3 Å². The number of carbonyl (C=O) groups excluding carboxylic acids is 1. The second-order valence-corrected chi connectivity index (χ2v) is 4.07. The third-order valence-corrected chi connectivity index (χ3v) is 2.64. The second kappa shape index (κ2) is 10.5. The smallest absolute Gasteiger partial charge is 0.220 e. The van der Waals surface area contributed by atoms with Gasteiger partial charge in [0.2, 0.25) is 5.91 Å². The highest BCUT2D eigenvalue weighted by Crippen LogP contribution is 2.16. The number of carbonyl (C=O) groups is 1. The molecule has 3 nitrogen and oxygen atoms in total. The molecule has 0 saturated heterocycles. The molecule has 0 spiro atoms. The van der Waals surface area contributed by atoms with Crippen LogP contribution in [0.1, 0.15) is 45.4 Å². The van der Waals surface area contributed by atoms with Crippen molar-refractivity contribution in [3.8, 4) is 12.3 Å². The summed E-state index contributed by atoms with van der Waals surface area (Å²) in [6.45, 7) is 3.46. The van der Waals surface area contributed by atoms with Crippen LogP contribution in [0, 0.1) is 18.3 Å². The van der Waals surface area contributed by atoms with Crippen LogP contribution in [0.3, 0.4) is 0 Å². The second-order valence-electron chi connectivity index (χ2n) is 4.07. The van der Waals surface area contributed by atoms with Gasteiger partial charge in [-0.25, -0.2) is 0 Å². The van der Waals surface area contributed by atoms with Gasteiger partial charge >= 0.3 is 0 Å². The molecule has 16 heavy (non-hydrogen) atoms. The Morgan fingerprint density at radius 1 is 1.44 bits per heavy atom. The van der Waals surface area contributed by atoms with Crippen LogP contribution < -0.4 is 11.1 Å². The van der Waals surface area contributed by atoms with Crippen LogP contribution in [0.2, 0.25) is 0 Å². The van der Waals surface area contributed by atoms with Gasteiger partial charge in [-0.2, -0.15) is 0 Å². The van der Waals surface area contributed by atoms with Crippen molar-refractivity contribution in [1.82, 2.24) is 5.32 Å². The zero-order chi connectivity index (χ0) is 12.2. The number of nitrogens with two attached hydrogens (primary N) is 1. The molecule has 92 valence electrons. The zero-order valence-corrected chi connectivity index (χ0v) is 10.3. The van der Waals surface area contributed by atoms with Gasteiger partial charge in [-0.15, -0.1) is 12.3 Å². The molecule has 0 aromatic heterocycles. The predicted octanol–water partition coefficient (Wildman–Crippen LogP) is 1.67. The summed E-state index contributed by atoms with van der Waals surface area (Å²) in [5, 5.41) is 2.81. The summed E-state index contributed by atoms with van der Waals surface area (Å²) < 4.78 is 0. The highest BCUT2D eigenvalue weighted by molar-refractivity contribution is 5.75. The van der Waals surface area contributed by atoms with Gasteiger partial charge < -0.3 is 11.1 Å². The van der Waals surface area contributed by atoms with Crippen molar-refractivity contribution in [2.75, 3.05) is 13.1 Å². The molecule has 1 unspecified atom stereocenters. The minimum atomic E-state index is 0.105. The first-order valence-corrected chi connectivity index (χ1v) is 6.14. The van der Waals surface area contributed by atoms with Gasteiger partial charge in [-0.1, -0.05) is 19.8 Å². The van der Waals surface area contributed by atoms with Crippen molar-refractivity contribution in [1.29, 1.82) is 0 Å². The molecule has 0 saturated carbocycles. The SMILES string of the molecule is C#CCCNC(=O)CCC(CCC)CCN. The molecule has 0 heterocycles. The normalized spacial score (nSPS) is 11.8. The van der Waals surface area contributed by atoms with Crippen molar-refractivity contribution < 1.29 is 4.79 Å². The molecular weight excluding hydrogens is 200 g/mol. The van der Waals surface area contributed by atoms with E-state index in [-0.39, 0.29) is 5.91 Å². The third kappa shape index (κ3) is 8.31. The number of hydrogen-bond acceptors (Lipinski definition) is 2. The van der Waals surface area contributed by atoms with E-state index < -0.39 is 0 Å². The lowest BCUT2D eigenvalue weighted by atomic mass is 9.94. The van der Waals surface area contributed by atoms with Gasteiger partial charge in [0.25, 0.3) is 0 Å². The minimum Gasteiger partial charge on any atom is -0.355 e. The lowest BCUT2D eigenvalue weighted by Gasteiger charge is -2.14. The van der Waals surface area contributed by atoms with E-state index >= 15 is 0 Å². The van der Waals surface area contributed by atoms with Crippen LogP contribution >= 0.6 is 0 Å². The Kier molecular flexibility index (Phi) is 9.84. The van der Waals surface area contributed by atoms with Gasteiger partial charge in [0.05, 0.1) is 0 Å². The van der Waals surface area contributed by atoms with Crippen LogP contribution in [-0.4, -0.2) is 19.0 Å². The van der Waals surface area contributed by atoms with Crippen LogP contribution in [0.25, 0.3) is 0 Å². The molecule has 0 fully saturated rings. The fourth-order valence-corrected chi connectivity index (χ4v) is 1.77. The predicted molar refractivity (Wildman–Crippen MR) is 67.8 cm³/mol. The summed E-state index contributed by atoms with van der Waals surface area (Å²) in [4.78, 5) is 11.4.